The minimum absolute atomic E-state index is 0.0543. The van der Waals surface area contributed by atoms with Crippen LogP contribution in [0.15, 0.2) is 0 Å². The molecule has 1 heterocycles. The van der Waals surface area contributed by atoms with Crippen LogP contribution >= 0.6 is 27.5 Å². The first-order chi connectivity index (χ1) is 7.25. The number of aryl methyl sites for hydroxylation is 1. The van der Waals surface area contributed by atoms with Crippen LogP contribution in [0.4, 0.5) is 0 Å². The van der Waals surface area contributed by atoms with Crippen molar-refractivity contribution in [2.45, 2.75) is 26.2 Å². The molecule has 0 spiro atoms. The minimum atomic E-state index is -0.0543. The highest BCUT2D eigenvalue weighted by atomic mass is 79.9. The van der Waals surface area contributed by atoms with Gasteiger partial charge in [-0.25, -0.2) is 0 Å². The molecule has 0 atom stereocenters. The zero-order chi connectivity index (χ0) is 11.1. The smallest absolute Gasteiger partial charge is 0.264 e. The molecule has 1 aromatic rings. The lowest BCUT2D eigenvalue weighted by Crippen LogP contribution is -2.24. The van der Waals surface area contributed by atoms with Crippen molar-refractivity contribution >= 4 is 33.4 Å². The van der Waals surface area contributed by atoms with Gasteiger partial charge in [0.05, 0.1) is 5.69 Å². The molecule has 1 amide bonds. The van der Waals surface area contributed by atoms with Gasteiger partial charge in [-0.3, -0.25) is 4.79 Å². The van der Waals surface area contributed by atoms with E-state index in [0.29, 0.717) is 10.6 Å². The quantitative estimate of drug-likeness (QED) is 0.645. The number of carbonyl (C=O) groups is 1. The van der Waals surface area contributed by atoms with Gasteiger partial charge in [-0.1, -0.05) is 26.8 Å². The molecule has 0 aliphatic rings. The second kappa shape index (κ2) is 6.90. The molecule has 0 aliphatic carbocycles. The summed E-state index contributed by atoms with van der Waals surface area (Å²) in [5.74, 6) is -0.0543. The summed E-state index contributed by atoms with van der Waals surface area (Å²) in [5, 5.41) is 7.68. The van der Waals surface area contributed by atoms with Crippen LogP contribution in [0.1, 0.15) is 34.6 Å². The molecule has 15 heavy (non-hydrogen) atoms. The van der Waals surface area contributed by atoms with E-state index in [2.05, 4.69) is 30.8 Å². The van der Waals surface area contributed by atoms with Crippen molar-refractivity contribution in [1.82, 2.24) is 14.9 Å². The van der Waals surface area contributed by atoms with E-state index in [0.717, 1.165) is 42.7 Å². The predicted molar refractivity (Wildman–Crippen MR) is 64.6 cm³/mol. The van der Waals surface area contributed by atoms with Crippen molar-refractivity contribution in [2.24, 2.45) is 0 Å². The van der Waals surface area contributed by atoms with Crippen molar-refractivity contribution in [2.75, 3.05) is 11.9 Å². The highest BCUT2D eigenvalue weighted by molar-refractivity contribution is 9.09. The summed E-state index contributed by atoms with van der Waals surface area (Å²) in [7, 11) is 0. The molecule has 0 bridgehead atoms. The summed E-state index contributed by atoms with van der Waals surface area (Å²) in [6, 6.07) is 0. The highest BCUT2D eigenvalue weighted by Gasteiger charge is 2.11. The maximum absolute atomic E-state index is 11.6. The van der Waals surface area contributed by atoms with E-state index in [1.54, 1.807) is 6.92 Å². The SMILES string of the molecule is Cc1nnsc1C(=O)NCCCCCBr. The van der Waals surface area contributed by atoms with E-state index in [1.807, 2.05) is 0 Å². The molecule has 1 aromatic heterocycles. The number of unbranched alkanes of at least 4 members (excludes halogenated alkanes) is 2. The van der Waals surface area contributed by atoms with E-state index in [-0.39, 0.29) is 5.91 Å². The topological polar surface area (TPSA) is 54.9 Å². The van der Waals surface area contributed by atoms with Crippen LogP contribution in [-0.2, 0) is 0 Å². The van der Waals surface area contributed by atoms with Gasteiger partial charge >= 0.3 is 0 Å². The number of hydrogen-bond acceptors (Lipinski definition) is 4. The van der Waals surface area contributed by atoms with Crippen LogP contribution in [0.25, 0.3) is 0 Å². The van der Waals surface area contributed by atoms with Crippen molar-refractivity contribution in [3.05, 3.63) is 10.6 Å². The van der Waals surface area contributed by atoms with Crippen LogP contribution in [0.5, 0.6) is 0 Å². The van der Waals surface area contributed by atoms with Gasteiger partial charge in [-0.15, -0.1) is 5.10 Å². The van der Waals surface area contributed by atoms with Gasteiger partial charge < -0.3 is 5.32 Å². The fourth-order valence-corrected chi connectivity index (χ4v) is 2.09. The van der Waals surface area contributed by atoms with E-state index in [1.165, 1.54) is 0 Å². The van der Waals surface area contributed by atoms with Gasteiger partial charge in [0.1, 0.15) is 4.88 Å². The first-order valence-electron chi connectivity index (χ1n) is 4.89. The molecule has 1 rings (SSSR count). The second-order valence-electron chi connectivity index (χ2n) is 3.19. The Kier molecular flexibility index (Phi) is 5.78. The highest BCUT2D eigenvalue weighted by Crippen LogP contribution is 2.08. The molecule has 0 fully saturated rings. The molecular weight excluding hydrogens is 278 g/mol. The minimum Gasteiger partial charge on any atom is -0.351 e. The first-order valence-corrected chi connectivity index (χ1v) is 6.78. The standard InChI is InChI=1S/C9H14BrN3OS/c1-7-8(15-13-12-7)9(14)11-6-4-2-3-5-10/h2-6H2,1H3,(H,11,14). The molecule has 84 valence electrons. The van der Waals surface area contributed by atoms with Crippen LogP contribution in [-0.4, -0.2) is 27.4 Å². The summed E-state index contributed by atoms with van der Waals surface area (Å²) in [5.41, 5.74) is 0.706. The Balaban J connectivity index is 2.22. The number of nitrogens with zero attached hydrogens (tertiary/aromatic N) is 2. The number of alkyl halides is 1. The van der Waals surface area contributed by atoms with Gasteiger partial charge in [-0.05, 0) is 31.3 Å². The molecule has 0 aliphatic heterocycles. The van der Waals surface area contributed by atoms with Gasteiger partial charge in [0.15, 0.2) is 0 Å². The normalized spacial score (nSPS) is 10.3. The van der Waals surface area contributed by atoms with Gasteiger partial charge in [0.2, 0.25) is 0 Å². The van der Waals surface area contributed by atoms with Crippen LogP contribution in [0.2, 0.25) is 0 Å². The zero-order valence-electron chi connectivity index (χ0n) is 8.62. The molecular formula is C9H14BrN3OS. The Morgan fingerprint density at radius 3 is 2.87 bits per heavy atom. The summed E-state index contributed by atoms with van der Waals surface area (Å²) < 4.78 is 3.73. The van der Waals surface area contributed by atoms with E-state index in [4.69, 9.17) is 0 Å². The lowest BCUT2D eigenvalue weighted by molar-refractivity contribution is 0.0956. The largest absolute Gasteiger partial charge is 0.351 e. The maximum Gasteiger partial charge on any atom is 0.264 e. The number of halogens is 1. The van der Waals surface area contributed by atoms with Crippen LogP contribution < -0.4 is 5.32 Å². The first kappa shape index (κ1) is 12.6. The molecule has 6 heteroatoms. The Bertz CT molecular complexity index is 316. The number of hydrogen-bond donors (Lipinski definition) is 1. The summed E-state index contributed by atoms with van der Waals surface area (Å²) in [4.78, 5) is 12.2. The monoisotopic (exact) mass is 291 g/mol. The number of amides is 1. The average molecular weight is 292 g/mol. The molecule has 0 saturated heterocycles. The van der Waals surface area contributed by atoms with Crippen LogP contribution in [0.3, 0.4) is 0 Å². The Labute approximate surface area is 102 Å². The van der Waals surface area contributed by atoms with Gasteiger partial charge in [0, 0.05) is 11.9 Å². The molecule has 1 N–H and O–H groups in total. The van der Waals surface area contributed by atoms with Gasteiger partial charge in [0.25, 0.3) is 5.91 Å². The van der Waals surface area contributed by atoms with E-state index >= 15 is 0 Å². The molecule has 0 saturated carbocycles. The fourth-order valence-electron chi connectivity index (χ4n) is 1.12. The van der Waals surface area contributed by atoms with Crippen molar-refractivity contribution in [3.8, 4) is 0 Å². The lowest BCUT2D eigenvalue weighted by atomic mass is 10.2. The fraction of sp³-hybridized carbons (Fsp3) is 0.667. The third-order valence-electron chi connectivity index (χ3n) is 1.95. The molecule has 0 radical (unpaired) electrons. The Morgan fingerprint density at radius 2 is 2.27 bits per heavy atom. The number of rotatable bonds is 6. The van der Waals surface area contributed by atoms with Gasteiger partial charge in [-0.2, -0.15) is 0 Å². The maximum atomic E-state index is 11.6. The Morgan fingerprint density at radius 1 is 1.47 bits per heavy atom. The van der Waals surface area contributed by atoms with E-state index < -0.39 is 0 Å². The van der Waals surface area contributed by atoms with E-state index in [9.17, 15) is 4.79 Å². The summed E-state index contributed by atoms with van der Waals surface area (Å²) >= 11 is 4.51. The summed E-state index contributed by atoms with van der Waals surface area (Å²) in [6.45, 7) is 2.52. The number of nitrogens with one attached hydrogen (secondary N) is 1. The number of aromatic nitrogens is 2. The Hall–Kier alpha value is -0.490. The third kappa shape index (κ3) is 4.25. The second-order valence-corrected chi connectivity index (χ2v) is 4.74. The molecule has 0 unspecified atom stereocenters. The molecule has 4 nitrogen and oxygen atoms in total. The lowest BCUT2D eigenvalue weighted by Gasteiger charge is -2.02. The van der Waals surface area contributed by atoms with Crippen LogP contribution in [0, 0.1) is 6.92 Å². The van der Waals surface area contributed by atoms with Crippen molar-refractivity contribution in [1.29, 1.82) is 0 Å². The average Bonchev–Trinajstić information content (AvgIpc) is 2.64. The predicted octanol–water partition coefficient (Wildman–Crippen LogP) is 2.14. The summed E-state index contributed by atoms with van der Waals surface area (Å²) in [6.07, 6.45) is 3.30. The number of carbonyl (C=O) groups excluding carboxylic acids is 1. The van der Waals surface area contributed by atoms with Crippen molar-refractivity contribution in [3.63, 3.8) is 0 Å². The third-order valence-corrected chi connectivity index (χ3v) is 3.34. The zero-order valence-corrected chi connectivity index (χ0v) is 11.0. The van der Waals surface area contributed by atoms with Crippen molar-refractivity contribution < 1.29 is 4.79 Å². The molecule has 0 aromatic carbocycles.